The molecule has 0 N–H and O–H groups in total. The van der Waals surface area contributed by atoms with Crippen molar-refractivity contribution in [2.45, 2.75) is 6.42 Å². The zero-order chi connectivity index (χ0) is 10.2. The van der Waals surface area contributed by atoms with Gasteiger partial charge in [0.15, 0.2) is 0 Å². The summed E-state index contributed by atoms with van der Waals surface area (Å²) >= 11 is 0. The molecular formula is C13H14O. The summed E-state index contributed by atoms with van der Waals surface area (Å²) < 4.78 is 5.56. The van der Waals surface area contributed by atoms with Gasteiger partial charge < -0.3 is 4.74 Å². The smallest absolute Gasteiger partial charge is 0.127 e. The first-order valence-corrected chi connectivity index (χ1v) is 4.53. The summed E-state index contributed by atoms with van der Waals surface area (Å²) in [5.41, 5.74) is 0. The molecule has 1 aliphatic carbocycles. The van der Waals surface area contributed by atoms with Crippen molar-refractivity contribution in [3.05, 3.63) is 73.3 Å². The average Bonchev–Trinajstić information content (AvgIpc) is 2.45. The van der Waals surface area contributed by atoms with Crippen molar-refractivity contribution in [3.8, 4) is 0 Å². The minimum absolute atomic E-state index is 0.700. The summed E-state index contributed by atoms with van der Waals surface area (Å²) in [6.45, 7) is 7.26. The second-order valence-corrected chi connectivity index (χ2v) is 2.75. The van der Waals surface area contributed by atoms with Crippen LogP contribution in [0, 0.1) is 0 Å². The largest absolute Gasteiger partial charge is 0.457 e. The molecule has 14 heavy (non-hydrogen) atoms. The van der Waals surface area contributed by atoms with Crippen molar-refractivity contribution in [2.24, 2.45) is 0 Å². The number of rotatable bonds is 4. The van der Waals surface area contributed by atoms with E-state index in [2.05, 4.69) is 19.2 Å². The molecule has 0 aliphatic heterocycles. The summed E-state index contributed by atoms with van der Waals surface area (Å²) in [4.78, 5) is 0. The lowest BCUT2D eigenvalue weighted by Gasteiger charge is -2.05. The van der Waals surface area contributed by atoms with E-state index < -0.39 is 0 Å². The predicted octanol–water partition coefficient (Wildman–Crippen LogP) is 3.66. The molecule has 0 radical (unpaired) electrons. The van der Waals surface area contributed by atoms with Crippen molar-refractivity contribution in [2.75, 3.05) is 0 Å². The summed E-state index contributed by atoms with van der Waals surface area (Å²) in [6.07, 6.45) is 16.0. The van der Waals surface area contributed by atoms with Crippen molar-refractivity contribution >= 4 is 0 Å². The Balaban J connectivity index is 2.71. The predicted molar refractivity (Wildman–Crippen MR) is 60.5 cm³/mol. The maximum atomic E-state index is 5.56. The Bertz CT molecular complexity index is 327. The number of hydrogen-bond donors (Lipinski definition) is 0. The third-order valence-corrected chi connectivity index (χ3v) is 1.67. The maximum absolute atomic E-state index is 5.56. The molecule has 72 valence electrons. The Hall–Kier alpha value is -1.76. The van der Waals surface area contributed by atoms with Crippen LogP contribution in [0.5, 0.6) is 0 Å². The van der Waals surface area contributed by atoms with Crippen LogP contribution in [-0.2, 0) is 4.74 Å². The summed E-state index contributed by atoms with van der Waals surface area (Å²) in [7, 11) is 0. The van der Waals surface area contributed by atoms with Gasteiger partial charge in [0.1, 0.15) is 11.5 Å². The van der Waals surface area contributed by atoms with Crippen molar-refractivity contribution < 1.29 is 4.74 Å². The van der Waals surface area contributed by atoms with Gasteiger partial charge in [-0.3, -0.25) is 0 Å². The number of ether oxygens (including phenoxy) is 1. The highest BCUT2D eigenvalue weighted by Crippen LogP contribution is 2.12. The molecule has 0 heterocycles. The third-order valence-electron chi connectivity index (χ3n) is 1.67. The van der Waals surface area contributed by atoms with E-state index in [0.29, 0.717) is 5.76 Å². The van der Waals surface area contributed by atoms with Crippen molar-refractivity contribution in [3.63, 3.8) is 0 Å². The molecule has 0 atom stereocenters. The van der Waals surface area contributed by atoms with E-state index in [1.807, 2.05) is 24.3 Å². The van der Waals surface area contributed by atoms with Gasteiger partial charge in [0.2, 0.25) is 0 Å². The van der Waals surface area contributed by atoms with Gasteiger partial charge in [-0.25, -0.2) is 0 Å². The van der Waals surface area contributed by atoms with Crippen LogP contribution in [0.4, 0.5) is 0 Å². The van der Waals surface area contributed by atoms with Crippen LogP contribution in [0.2, 0.25) is 0 Å². The van der Waals surface area contributed by atoms with E-state index in [-0.39, 0.29) is 0 Å². The van der Waals surface area contributed by atoms with Gasteiger partial charge in [-0.1, -0.05) is 37.5 Å². The van der Waals surface area contributed by atoms with Crippen LogP contribution >= 0.6 is 0 Å². The van der Waals surface area contributed by atoms with Crippen LogP contribution in [0.1, 0.15) is 6.42 Å². The first kappa shape index (κ1) is 10.3. The molecule has 1 rings (SSSR count). The van der Waals surface area contributed by atoms with Crippen LogP contribution in [-0.4, -0.2) is 0 Å². The van der Waals surface area contributed by atoms with Crippen molar-refractivity contribution in [1.82, 2.24) is 0 Å². The Morgan fingerprint density at radius 2 is 2.21 bits per heavy atom. The van der Waals surface area contributed by atoms with Crippen LogP contribution in [0.25, 0.3) is 0 Å². The second kappa shape index (κ2) is 5.81. The fourth-order valence-electron chi connectivity index (χ4n) is 1.02. The van der Waals surface area contributed by atoms with E-state index in [4.69, 9.17) is 4.74 Å². The monoisotopic (exact) mass is 186 g/mol. The zero-order valence-electron chi connectivity index (χ0n) is 8.15. The molecule has 1 nitrogen and oxygen atoms in total. The molecule has 0 aromatic carbocycles. The molecule has 0 aromatic heterocycles. The van der Waals surface area contributed by atoms with Crippen LogP contribution in [0.15, 0.2) is 73.3 Å². The highest BCUT2D eigenvalue weighted by atomic mass is 16.5. The van der Waals surface area contributed by atoms with Gasteiger partial charge in [0.25, 0.3) is 0 Å². The standard InChI is InChI=1S/C13H14O/c1-3-9-12(4-2)14-13-10-7-5-6-8-11-13/h3-5,7-11H,1-2,6H2/b12-9+. The topological polar surface area (TPSA) is 9.23 Å². The summed E-state index contributed by atoms with van der Waals surface area (Å²) in [5, 5.41) is 0. The molecule has 0 saturated carbocycles. The third kappa shape index (κ3) is 3.31. The average molecular weight is 186 g/mol. The molecule has 0 amide bonds. The zero-order valence-corrected chi connectivity index (χ0v) is 8.15. The molecule has 0 saturated heterocycles. The lowest BCUT2D eigenvalue weighted by Crippen LogP contribution is -1.87. The Morgan fingerprint density at radius 3 is 2.93 bits per heavy atom. The van der Waals surface area contributed by atoms with E-state index in [0.717, 1.165) is 12.2 Å². The van der Waals surface area contributed by atoms with Crippen molar-refractivity contribution in [1.29, 1.82) is 0 Å². The molecular weight excluding hydrogens is 172 g/mol. The molecule has 0 bridgehead atoms. The van der Waals surface area contributed by atoms with Crippen LogP contribution in [0.3, 0.4) is 0 Å². The minimum atomic E-state index is 0.700. The molecule has 1 heteroatoms. The van der Waals surface area contributed by atoms with Gasteiger partial charge in [-0.15, -0.1) is 0 Å². The fraction of sp³-hybridized carbons (Fsp3) is 0.0769. The summed E-state index contributed by atoms with van der Waals surface area (Å²) in [6, 6.07) is 0. The first-order valence-electron chi connectivity index (χ1n) is 4.53. The second-order valence-electron chi connectivity index (χ2n) is 2.75. The highest BCUT2D eigenvalue weighted by Gasteiger charge is 1.96. The van der Waals surface area contributed by atoms with E-state index >= 15 is 0 Å². The van der Waals surface area contributed by atoms with Gasteiger partial charge in [0, 0.05) is 0 Å². The van der Waals surface area contributed by atoms with E-state index in [1.54, 1.807) is 18.2 Å². The number of hydrogen-bond acceptors (Lipinski definition) is 1. The SMILES string of the molecule is C=C/C=C(\C=C)OC1=CC=CCC=C1. The molecule has 0 aromatic rings. The highest BCUT2D eigenvalue weighted by molar-refractivity contribution is 5.26. The molecule has 1 aliphatic rings. The van der Waals surface area contributed by atoms with Gasteiger partial charge in [0.05, 0.1) is 0 Å². The molecule has 0 spiro atoms. The summed E-state index contributed by atoms with van der Waals surface area (Å²) in [5.74, 6) is 1.51. The van der Waals surface area contributed by atoms with Gasteiger partial charge >= 0.3 is 0 Å². The van der Waals surface area contributed by atoms with E-state index in [9.17, 15) is 0 Å². The first-order chi connectivity index (χ1) is 6.86. The lowest BCUT2D eigenvalue weighted by atomic mass is 10.3. The molecule has 0 fully saturated rings. The maximum Gasteiger partial charge on any atom is 0.127 e. The number of allylic oxidation sites excluding steroid dienone is 8. The fourth-order valence-corrected chi connectivity index (χ4v) is 1.02. The Morgan fingerprint density at radius 1 is 1.36 bits per heavy atom. The normalized spacial score (nSPS) is 15.7. The molecule has 0 unspecified atom stereocenters. The quantitative estimate of drug-likeness (QED) is 0.481. The van der Waals surface area contributed by atoms with Crippen LogP contribution < -0.4 is 0 Å². The van der Waals surface area contributed by atoms with E-state index in [1.165, 1.54) is 0 Å². The minimum Gasteiger partial charge on any atom is -0.457 e. The Labute approximate surface area is 85.1 Å². The van der Waals surface area contributed by atoms with Gasteiger partial charge in [-0.2, -0.15) is 0 Å². The Kier molecular flexibility index (Phi) is 4.29. The lowest BCUT2D eigenvalue weighted by molar-refractivity contribution is 0.336. The van der Waals surface area contributed by atoms with Gasteiger partial charge in [-0.05, 0) is 30.7 Å².